The van der Waals surface area contributed by atoms with Crippen molar-refractivity contribution in [2.45, 2.75) is 33.6 Å². The van der Waals surface area contributed by atoms with E-state index in [9.17, 15) is 0 Å². The van der Waals surface area contributed by atoms with E-state index < -0.39 is 0 Å². The van der Waals surface area contributed by atoms with Crippen LogP contribution in [0.25, 0.3) is 11.3 Å². The summed E-state index contributed by atoms with van der Waals surface area (Å²) in [7, 11) is 0. The molecule has 3 heteroatoms. The van der Waals surface area contributed by atoms with Gasteiger partial charge in [0, 0.05) is 11.3 Å². The summed E-state index contributed by atoms with van der Waals surface area (Å²) in [5.41, 5.74) is 6.89. The lowest BCUT2D eigenvalue weighted by molar-refractivity contribution is 0.995. The number of nitrogens with zero attached hydrogens (tertiary/aromatic N) is 2. The first-order valence-corrected chi connectivity index (χ1v) is 6.53. The van der Waals surface area contributed by atoms with Crippen LogP contribution in [0.5, 0.6) is 0 Å². The number of rotatable bonds is 2. The van der Waals surface area contributed by atoms with E-state index in [4.69, 9.17) is 11.6 Å². The molecule has 0 aliphatic rings. The molecule has 0 saturated heterocycles. The number of aromatic nitrogens is 2. The third-order valence-corrected chi connectivity index (χ3v) is 3.38. The van der Waals surface area contributed by atoms with Gasteiger partial charge < -0.3 is 0 Å². The molecule has 0 radical (unpaired) electrons. The molecule has 0 amide bonds. The Hall–Kier alpha value is -1.41. The van der Waals surface area contributed by atoms with Gasteiger partial charge in [0.15, 0.2) is 0 Å². The maximum absolute atomic E-state index is 5.83. The van der Waals surface area contributed by atoms with Crippen molar-refractivity contribution < 1.29 is 0 Å². The van der Waals surface area contributed by atoms with Crippen LogP contribution in [0.2, 0.25) is 0 Å². The molecule has 0 N–H and O–H groups in total. The van der Waals surface area contributed by atoms with Gasteiger partial charge in [-0.15, -0.1) is 11.6 Å². The first-order valence-electron chi connectivity index (χ1n) is 6.00. The first kappa shape index (κ1) is 13.0. The summed E-state index contributed by atoms with van der Waals surface area (Å²) in [5.74, 6) is 1.03. The highest BCUT2D eigenvalue weighted by atomic mass is 35.5. The Bertz CT molecular complexity index is 591. The van der Waals surface area contributed by atoms with Crippen molar-refractivity contribution >= 4 is 11.6 Å². The van der Waals surface area contributed by atoms with Crippen LogP contribution in [-0.2, 0) is 5.88 Å². The van der Waals surface area contributed by atoms with Crippen molar-refractivity contribution in [3.05, 3.63) is 46.4 Å². The van der Waals surface area contributed by atoms with Gasteiger partial charge in [0.1, 0.15) is 5.82 Å². The zero-order valence-electron chi connectivity index (χ0n) is 11.2. The van der Waals surface area contributed by atoms with Crippen LogP contribution >= 0.6 is 11.6 Å². The molecule has 0 spiro atoms. The van der Waals surface area contributed by atoms with Gasteiger partial charge in [0.05, 0.1) is 11.6 Å². The summed E-state index contributed by atoms with van der Waals surface area (Å²) >= 11 is 5.83. The molecule has 1 heterocycles. The topological polar surface area (TPSA) is 25.8 Å². The van der Waals surface area contributed by atoms with E-state index in [-0.39, 0.29) is 0 Å². The van der Waals surface area contributed by atoms with Crippen molar-refractivity contribution in [2.24, 2.45) is 0 Å². The Kier molecular flexibility index (Phi) is 3.67. The second kappa shape index (κ2) is 5.07. The molecule has 0 saturated carbocycles. The van der Waals surface area contributed by atoms with Gasteiger partial charge >= 0.3 is 0 Å². The highest BCUT2D eigenvalue weighted by molar-refractivity contribution is 6.16. The largest absolute Gasteiger partial charge is 0.237 e. The molecule has 0 unspecified atom stereocenters. The van der Waals surface area contributed by atoms with Gasteiger partial charge in [-0.1, -0.05) is 6.07 Å². The smallest absolute Gasteiger partial charge is 0.143 e. The standard InChI is InChI=1S/C15H17ClN2/c1-9-5-11(3)13(6-10(9)2)14-7-12(4)17-15(8-16)18-14/h5-7H,8H2,1-4H3. The average molecular weight is 261 g/mol. The van der Waals surface area contributed by atoms with Crippen LogP contribution in [0.4, 0.5) is 0 Å². The van der Waals surface area contributed by atoms with Gasteiger partial charge in [-0.2, -0.15) is 0 Å². The third-order valence-electron chi connectivity index (χ3n) is 3.14. The predicted molar refractivity (Wildman–Crippen MR) is 76.0 cm³/mol. The molecule has 1 aromatic heterocycles. The van der Waals surface area contributed by atoms with Crippen LogP contribution in [-0.4, -0.2) is 9.97 Å². The minimum absolute atomic E-state index is 0.346. The fraction of sp³-hybridized carbons (Fsp3) is 0.333. The van der Waals surface area contributed by atoms with Crippen molar-refractivity contribution in [1.29, 1.82) is 0 Å². The number of halogens is 1. The van der Waals surface area contributed by atoms with Crippen LogP contribution in [0.1, 0.15) is 28.2 Å². The average Bonchev–Trinajstić information content (AvgIpc) is 2.33. The Morgan fingerprint density at radius 1 is 0.889 bits per heavy atom. The normalized spacial score (nSPS) is 10.7. The van der Waals surface area contributed by atoms with E-state index >= 15 is 0 Å². The van der Waals surface area contributed by atoms with Gasteiger partial charge in [-0.05, 0) is 56.5 Å². The number of alkyl halides is 1. The van der Waals surface area contributed by atoms with Crippen LogP contribution in [0, 0.1) is 27.7 Å². The van der Waals surface area contributed by atoms with Crippen molar-refractivity contribution in [3.63, 3.8) is 0 Å². The fourth-order valence-electron chi connectivity index (χ4n) is 2.06. The molecule has 0 atom stereocenters. The predicted octanol–water partition coefficient (Wildman–Crippen LogP) is 4.12. The quantitative estimate of drug-likeness (QED) is 0.760. The van der Waals surface area contributed by atoms with Crippen molar-refractivity contribution in [3.8, 4) is 11.3 Å². The highest BCUT2D eigenvalue weighted by Gasteiger charge is 2.08. The molecule has 0 aliphatic carbocycles. The lowest BCUT2D eigenvalue weighted by atomic mass is 9.98. The second-order valence-corrected chi connectivity index (χ2v) is 4.96. The molecule has 0 aliphatic heterocycles. The summed E-state index contributed by atoms with van der Waals surface area (Å²) in [6.45, 7) is 8.33. The molecular formula is C15H17ClN2. The number of hydrogen-bond acceptors (Lipinski definition) is 2. The summed E-state index contributed by atoms with van der Waals surface area (Å²) in [6.07, 6.45) is 0. The molecule has 2 aromatic rings. The lowest BCUT2D eigenvalue weighted by Gasteiger charge is -2.10. The van der Waals surface area contributed by atoms with Crippen LogP contribution in [0.3, 0.4) is 0 Å². The molecule has 2 rings (SSSR count). The Balaban J connectivity index is 2.61. The Labute approximate surface area is 113 Å². The van der Waals surface area contributed by atoms with Crippen molar-refractivity contribution in [2.75, 3.05) is 0 Å². The molecule has 1 aromatic carbocycles. The van der Waals surface area contributed by atoms with Gasteiger partial charge in [-0.25, -0.2) is 9.97 Å². The Morgan fingerprint density at radius 3 is 2.22 bits per heavy atom. The van der Waals surface area contributed by atoms with Gasteiger partial charge in [0.2, 0.25) is 0 Å². The maximum atomic E-state index is 5.83. The Morgan fingerprint density at radius 2 is 1.56 bits per heavy atom. The summed E-state index contributed by atoms with van der Waals surface area (Å²) < 4.78 is 0. The summed E-state index contributed by atoms with van der Waals surface area (Å²) in [4.78, 5) is 8.82. The molecule has 18 heavy (non-hydrogen) atoms. The molecular weight excluding hydrogens is 244 g/mol. The van der Waals surface area contributed by atoms with E-state index in [2.05, 4.69) is 42.9 Å². The minimum atomic E-state index is 0.346. The van der Waals surface area contributed by atoms with Gasteiger partial charge in [0.25, 0.3) is 0 Å². The van der Waals surface area contributed by atoms with Crippen LogP contribution < -0.4 is 0 Å². The van der Waals surface area contributed by atoms with E-state index in [0.717, 1.165) is 17.0 Å². The zero-order valence-corrected chi connectivity index (χ0v) is 12.0. The van der Waals surface area contributed by atoms with E-state index in [1.165, 1.54) is 16.7 Å². The molecule has 0 fully saturated rings. The number of aryl methyl sites for hydroxylation is 4. The highest BCUT2D eigenvalue weighted by Crippen LogP contribution is 2.25. The molecule has 94 valence electrons. The van der Waals surface area contributed by atoms with E-state index in [0.29, 0.717) is 11.7 Å². The molecule has 0 bridgehead atoms. The van der Waals surface area contributed by atoms with E-state index in [1.807, 2.05) is 13.0 Å². The lowest BCUT2D eigenvalue weighted by Crippen LogP contribution is -1.98. The molecule has 2 nitrogen and oxygen atoms in total. The minimum Gasteiger partial charge on any atom is -0.237 e. The number of hydrogen-bond donors (Lipinski definition) is 0. The van der Waals surface area contributed by atoms with Gasteiger partial charge in [-0.3, -0.25) is 0 Å². The maximum Gasteiger partial charge on any atom is 0.143 e. The van der Waals surface area contributed by atoms with Crippen LogP contribution in [0.15, 0.2) is 18.2 Å². The number of benzene rings is 1. The first-order chi connectivity index (χ1) is 8.51. The third kappa shape index (κ3) is 2.54. The van der Waals surface area contributed by atoms with E-state index in [1.54, 1.807) is 0 Å². The summed E-state index contributed by atoms with van der Waals surface area (Å²) in [6, 6.07) is 6.39. The monoisotopic (exact) mass is 260 g/mol. The SMILES string of the molecule is Cc1cc(-c2cc(C)c(C)cc2C)nc(CCl)n1. The second-order valence-electron chi connectivity index (χ2n) is 4.70. The summed E-state index contributed by atoms with van der Waals surface area (Å²) in [5, 5.41) is 0. The van der Waals surface area contributed by atoms with Crippen molar-refractivity contribution in [1.82, 2.24) is 9.97 Å². The fourth-order valence-corrected chi connectivity index (χ4v) is 2.18. The zero-order chi connectivity index (χ0) is 13.3.